The number of hydrogen-bond acceptors (Lipinski definition) is 5. The minimum Gasteiger partial charge on any atom is -0.322 e. The summed E-state index contributed by atoms with van der Waals surface area (Å²) in [4.78, 5) is 18.7. The van der Waals surface area contributed by atoms with Crippen LogP contribution in [0.3, 0.4) is 0 Å². The third kappa shape index (κ3) is 3.54. The second-order valence-electron chi connectivity index (χ2n) is 7.07. The Balaban J connectivity index is 1.52. The molecule has 1 N–H and O–H groups in total. The van der Waals surface area contributed by atoms with Crippen molar-refractivity contribution in [3.8, 4) is 6.07 Å². The Labute approximate surface area is 172 Å². The zero-order valence-electron chi connectivity index (χ0n) is 16.0. The number of anilines is 1. The number of aryl methyl sites for hydroxylation is 2. The second kappa shape index (κ2) is 7.98. The van der Waals surface area contributed by atoms with Crippen molar-refractivity contribution in [1.29, 1.82) is 5.26 Å². The summed E-state index contributed by atoms with van der Waals surface area (Å²) in [5, 5.41) is 13.9. The number of rotatable bonds is 4. The largest absolute Gasteiger partial charge is 0.322 e. The monoisotopic (exact) mass is 410 g/mol. The number of thiophene rings is 1. The van der Waals surface area contributed by atoms with Gasteiger partial charge in [0.15, 0.2) is 5.16 Å². The molecule has 3 aromatic rings. The molecular weight excluding hydrogens is 388 g/mol. The molecule has 0 bridgehead atoms. The van der Waals surface area contributed by atoms with Gasteiger partial charge in [-0.05, 0) is 50.3 Å². The number of nitriles is 1. The maximum Gasteiger partial charge on any atom is 0.238 e. The first-order valence-electron chi connectivity index (χ1n) is 9.52. The third-order valence-corrected chi connectivity index (χ3v) is 7.52. The average Bonchev–Trinajstić information content (AvgIpc) is 3.08. The molecule has 2 heterocycles. The van der Waals surface area contributed by atoms with Gasteiger partial charge in [0.1, 0.15) is 11.1 Å². The van der Waals surface area contributed by atoms with E-state index in [9.17, 15) is 10.1 Å². The zero-order chi connectivity index (χ0) is 19.7. The standard InChI is InChI=1S/C21H22N4OS2/c1-13(27-21-23-16-9-6-7-10-17(16)25(21)2)19(26)24-20-15(12-22)14-8-4-3-5-11-18(14)28-20/h6-7,9-10,13H,3-5,8,11H2,1-2H3,(H,24,26)/t13-/m0/s1. The van der Waals surface area contributed by atoms with Crippen molar-refractivity contribution in [2.75, 3.05) is 5.32 Å². The van der Waals surface area contributed by atoms with Crippen molar-refractivity contribution in [3.05, 3.63) is 40.3 Å². The number of fused-ring (bicyclic) bond motifs is 2. The van der Waals surface area contributed by atoms with E-state index in [1.165, 1.54) is 23.1 Å². The summed E-state index contributed by atoms with van der Waals surface area (Å²) >= 11 is 3.01. The van der Waals surface area contributed by atoms with E-state index in [4.69, 9.17) is 0 Å². The summed E-state index contributed by atoms with van der Waals surface area (Å²) in [6, 6.07) is 10.3. The van der Waals surface area contributed by atoms with E-state index in [0.717, 1.165) is 47.4 Å². The molecule has 0 saturated heterocycles. The zero-order valence-corrected chi connectivity index (χ0v) is 17.6. The molecule has 1 amide bonds. The maximum absolute atomic E-state index is 12.8. The van der Waals surface area contributed by atoms with Crippen molar-refractivity contribution < 1.29 is 4.79 Å². The van der Waals surface area contributed by atoms with Gasteiger partial charge in [-0.3, -0.25) is 4.79 Å². The van der Waals surface area contributed by atoms with Gasteiger partial charge in [-0.25, -0.2) is 4.98 Å². The number of aromatic nitrogens is 2. The van der Waals surface area contributed by atoms with Gasteiger partial charge >= 0.3 is 0 Å². The molecule has 0 unspecified atom stereocenters. The van der Waals surface area contributed by atoms with Gasteiger partial charge in [0.25, 0.3) is 0 Å². The Morgan fingerprint density at radius 1 is 1.32 bits per heavy atom. The number of nitrogens with zero attached hydrogens (tertiary/aromatic N) is 3. The van der Waals surface area contributed by atoms with Crippen LogP contribution in [0, 0.1) is 11.3 Å². The van der Waals surface area contributed by atoms with E-state index in [1.807, 2.05) is 42.8 Å². The van der Waals surface area contributed by atoms with Gasteiger partial charge in [-0.15, -0.1) is 11.3 Å². The highest BCUT2D eigenvalue weighted by Crippen LogP contribution is 2.37. The molecule has 1 aliphatic carbocycles. The lowest BCUT2D eigenvalue weighted by Crippen LogP contribution is -2.22. The molecular formula is C21H22N4OS2. The lowest BCUT2D eigenvalue weighted by Gasteiger charge is -2.11. The van der Waals surface area contributed by atoms with E-state index in [1.54, 1.807) is 11.3 Å². The minimum absolute atomic E-state index is 0.0926. The van der Waals surface area contributed by atoms with Crippen LogP contribution in [0.25, 0.3) is 11.0 Å². The number of benzene rings is 1. The highest BCUT2D eigenvalue weighted by atomic mass is 32.2. The first kappa shape index (κ1) is 19.0. The van der Waals surface area contributed by atoms with Gasteiger partial charge in [0, 0.05) is 11.9 Å². The summed E-state index contributed by atoms with van der Waals surface area (Å²) in [5.41, 5.74) is 3.78. The van der Waals surface area contributed by atoms with Crippen LogP contribution in [0.2, 0.25) is 0 Å². The molecule has 0 saturated carbocycles. The molecule has 2 aromatic heterocycles. The SMILES string of the molecule is C[C@H](Sc1nc2ccccc2n1C)C(=O)Nc1sc2c(c1C#N)CCCCC2. The Hall–Kier alpha value is -2.30. The highest BCUT2D eigenvalue weighted by Gasteiger charge is 2.24. The van der Waals surface area contributed by atoms with Crippen molar-refractivity contribution in [3.63, 3.8) is 0 Å². The summed E-state index contributed by atoms with van der Waals surface area (Å²) in [5.74, 6) is -0.0926. The Morgan fingerprint density at radius 2 is 2.11 bits per heavy atom. The molecule has 4 rings (SSSR count). The molecule has 0 spiro atoms. The predicted octanol–water partition coefficient (Wildman–Crippen LogP) is 4.89. The Morgan fingerprint density at radius 3 is 2.89 bits per heavy atom. The van der Waals surface area contributed by atoms with E-state index >= 15 is 0 Å². The molecule has 1 atom stereocenters. The van der Waals surface area contributed by atoms with Gasteiger partial charge < -0.3 is 9.88 Å². The normalized spacial score (nSPS) is 14.9. The van der Waals surface area contributed by atoms with Crippen LogP contribution in [-0.2, 0) is 24.7 Å². The summed E-state index contributed by atoms with van der Waals surface area (Å²) in [6.45, 7) is 1.88. The fourth-order valence-electron chi connectivity index (χ4n) is 3.60. The maximum atomic E-state index is 12.8. The van der Waals surface area contributed by atoms with Crippen LogP contribution in [0.1, 0.15) is 42.2 Å². The molecule has 1 aliphatic rings. The molecule has 5 nitrogen and oxygen atoms in total. The smallest absolute Gasteiger partial charge is 0.238 e. The first-order chi connectivity index (χ1) is 13.6. The van der Waals surface area contributed by atoms with E-state index in [0.29, 0.717) is 10.6 Å². The van der Waals surface area contributed by atoms with E-state index < -0.39 is 0 Å². The van der Waals surface area contributed by atoms with Crippen LogP contribution in [0.4, 0.5) is 5.00 Å². The molecule has 0 aliphatic heterocycles. The van der Waals surface area contributed by atoms with Crippen LogP contribution in [0.5, 0.6) is 0 Å². The average molecular weight is 411 g/mol. The number of nitrogens with one attached hydrogen (secondary N) is 1. The van der Waals surface area contributed by atoms with Gasteiger partial charge in [-0.2, -0.15) is 5.26 Å². The van der Waals surface area contributed by atoms with Crippen LogP contribution >= 0.6 is 23.1 Å². The summed E-state index contributed by atoms with van der Waals surface area (Å²) in [6.07, 6.45) is 5.43. The molecule has 0 radical (unpaired) electrons. The van der Waals surface area contributed by atoms with Crippen molar-refractivity contribution >= 4 is 45.0 Å². The van der Waals surface area contributed by atoms with Gasteiger partial charge in [0.05, 0.1) is 21.8 Å². The second-order valence-corrected chi connectivity index (χ2v) is 9.48. The number of hydrogen-bond donors (Lipinski definition) is 1. The van der Waals surface area contributed by atoms with Crippen LogP contribution in [0.15, 0.2) is 29.4 Å². The predicted molar refractivity (Wildman–Crippen MR) is 115 cm³/mol. The molecule has 7 heteroatoms. The molecule has 28 heavy (non-hydrogen) atoms. The van der Waals surface area contributed by atoms with Gasteiger partial charge in [0.2, 0.25) is 5.91 Å². The molecule has 0 fully saturated rings. The summed E-state index contributed by atoms with van der Waals surface area (Å²) in [7, 11) is 1.96. The summed E-state index contributed by atoms with van der Waals surface area (Å²) < 4.78 is 2.01. The quantitative estimate of drug-likeness (QED) is 0.491. The highest BCUT2D eigenvalue weighted by molar-refractivity contribution is 8.00. The number of para-hydroxylation sites is 2. The molecule has 144 valence electrons. The topological polar surface area (TPSA) is 70.7 Å². The number of imidazole rings is 1. The minimum atomic E-state index is -0.316. The fraction of sp³-hybridized carbons (Fsp3) is 0.381. The van der Waals surface area contributed by atoms with Crippen molar-refractivity contribution in [1.82, 2.24) is 9.55 Å². The van der Waals surface area contributed by atoms with Crippen molar-refractivity contribution in [2.45, 2.75) is 49.4 Å². The lowest BCUT2D eigenvalue weighted by molar-refractivity contribution is -0.115. The van der Waals surface area contributed by atoms with Gasteiger partial charge in [-0.1, -0.05) is 30.3 Å². The first-order valence-corrected chi connectivity index (χ1v) is 11.2. The Bertz CT molecular complexity index is 1080. The number of thioether (sulfide) groups is 1. The number of carbonyl (C=O) groups excluding carboxylic acids is 1. The number of carbonyl (C=O) groups is 1. The van der Waals surface area contributed by atoms with Crippen molar-refractivity contribution in [2.24, 2.45) is 7.05 Å². The molecule has 1 aromatic carbocycles. The van der Waals surface area contributed by atoms with Crippen LogP contribution < -0.4 is 5.32 Å². The Kier molecular flexibility index (Phi) is 5.42. The van der Waals surface area contributed by atoms with E-state index in [2.05, 4.69) is 16.4 Å². The number of amides is 1. The lowest BCUT2D eigenvalue weighted by atomic mass is 10.1. The van der Waals surface area contributed by atoms with E-state index in [-0.39, 0.29) is 11.2 Å². The van der Waals surface area contributed by atoms with Crippen LogP contribution in [-0.4, -0.2) is 20.7 Å². The third-order valence-electron chi connectivity index (χ3n) is 5.17. The fourth-order valence-corrected chi connectivity index (χ4v) is 5.74.